The lowest BCUT2D eigenvalue weighted by Gasteiger charge is -2.12. The first-order valence-corrected chi connectivity index (χ1v) is 9.14. The van der Waals surface area contributed by atoms with E-state index in [1.165, 1.54) is 0 Å². The van der Waals surface area contributed by atoms with Gasteiger partial charge in [-0.15, -0.1) is 0 Å². The van der Waals surface area contributed by atoms with E-state index >= 15 is 0 Å². The number of carbonyl (C=O) groups excluding carboxylic acids is 3. The Hall–Kier alpha value is -2.48. The number of methoxy groups -OCH3 is 1. The van der Waals surface area contributed by atoms with Crippen molar-refractivity contribution in [1.82, 2.24) is 10.2 Å². The van der Waals surface area contributed by atoms with Crippen LogP contribution in [0.15, 0.2) is 23.1 Å². The molecule has 7 nitrogen and oxygen atoms in total. The van der Waals surface area contributed by atoms with Gasteiger partial charge in [-0.05, 0) is 42.5 Å². The van der Waals surface area contributed by atoms with Gasteiger partial charge in [0.1, 0.15) is 0 Å². The van der Waals surface area contributed by atoms with Gasteiger partial charge in [-0.2, -0.15) is 0 Å². The Balaban J connectivity index is 2.10. The molecule has 1 heterocycles. The molecule has 26 heavy (non-hydrogen) atoms. The van der Waals surface area contributed by atoms with Gasteiger partial charge in [0, 0.05) is 19.5 Å². The fourth-order valence-corrected chi connectivity index (χ4v) is 3.19. The Labute approximate surface area is 156 Å². The third-order valence-corrected chi connectivity index (χ3v) is 4.54. The van der Waals surface area contributed by atoms with Gasteiger partial charge >= 0.3 is 0 Å². The van der Waals surface area contributed by atoms with Crippen LogP contribution < -0.4 is 14.8 Å². The third-order valence-electron chi connectivity index (χ3n) is 3.64. The van der Waals surface area contributed by atoms with Crippen molar-refractivity contribution in [2.75, 3.05) is 26.8 Å². The monoisotopic (exact) mass is 378 g/mol. The number of amides is 3. The predicted molar refractivity (Wildman–Crippen MR) is 100 cm³/mol. The SMILES string of the molecule is CCOc1ccc(/C=C2\SC(=O)N(CCNC(=O)CC)C2=O)cc1OC. The second-order valence-corrected chi connectivity index (χ2v) is 6.37. The Kier molecular flexibility index (Phi) is 7.08. The second kappa shape index (κ2) is 9.28. The van der Waals surface area contributed by atoms with Crippen LogP contribution in [0.2, 0.25) is 0 Å². The molecule has 1 saturated heterocycles. The molecular formula is C18H22N2O5S. The molecule has 1 aliphatic rings. The highest BCUT2D eigenvalue weighted by Crippen LogP contribution is 2.34. The van der Waals surface area contributed by atoms with Gasteiger partial charge in [0.25, 0.3) is 11.1 Å². The van der Waals surface area contributed by atoms with Crippen LogP contribution in [0.25, 0.3) is 6.08 Å². The molecule has 0 aliphatic carbocycles. The molecule has 1 aliphatic heterocycles. The number of hydrogen-bond donors (Lipinski definition) is 1. The van der Waals surface area contributed by atoms with E-state index in [1.807, 2.05) is 6.92 Å². The van der Waals surface area contributed by atoms with Crippen LogP contribution in [-0.2, 0) is 9.59 Å². The van der Waals surface area contributed by atoms with Crippen molar-refractivity contribution in [1.29, 1.82) is 0 Å². The molecule has 1 fully saturated rings. The van der Waals surface area contributed by atoms with Gasteiger partial charge in [0.05, 0.1) is 18.6 Å². The van der Waals surface area contributed by atoms with Crippen molar-refractivity contribution < 1.29 is 23.9 Å². The number of nitrogens with zero attached hydrogens (tertiary/aromatic N) is 1. The van der Waals surface area contributed by atoms with E-state index in [2.05, 4.69) is 5.32 Å². The van der Waals surface area contributed by atoms with E-state index in [-0.39, 0.29) is 30.1 Å². The molecule has 0 saturated carbocycles. The lowest BCUT2D eigenvalue weighted by molar-refractivity contribution is -0.124. The van der Waals surface area contributed by atoms with Crippen molar-refractivity contribution >= 4 is 34.9 Å². The smallest absolute Gasteiger partial charge is 0.293 e. The minimum absolute atomic E-state index is 0.117. The van der Waals surface area contributed by atoms with Crippen molar-refractivity contribution in [2.45, 2.75) is 20.3 Å². The standard InChI is InChI=1S/C18H22N2O5S/c1-4-16(21)19-8-9-20-17(22)15(26-18(20)23)11-12-6-7-13(25-5-2)14(10-12)24-3/h6-7,10-11H,4-5,8-9H2,1-3H3,(H,19,21)/b15-11-. The van der Waals surface area contributed by atoms with E-state index in [9.17, 15) is 14.4 Å². The maximum absolute atomic E-state index is 12.4. The lowest BCUT2D eigenvalue weighted by Crippen LogP contribution is -2.37. The van der Waals surface area contributed by atoms with Crippen LogP contribution >= 0.6 is 11.8 Å². The normalized spacial score (nSPS) is 15.5. The number of benzene rings is 1. The molecule has 3 amide bonds. The van der Waals surface area contributed by atoms with Gasteiger partial charge in [-0.1, -0.05) is 13.0 Å². The Morgan fingerprint density at radius 2 is 2.04 bits per heavy atom. The van der Waals surface area contributed by atoms with Crippen molar-refractivity contribution in [3.05, 3.63) is 28.7 Å². The molecule has 1 aromatic rings. The molecule has 0 atom stereocenters. The van der Waals surface area contributed by atoms with E-state index in [4.69, 9.17) is 9.47 Å². The molecule has 1 aromatic carbocycles. The van der Waals surface area contributed by atoms with E-state index in [0.29, 0.717) is 29.4 Å². The zero-order valence-electron chi connectivity index (χ0n) is 15.0. The first kappa shape index (κ1) is 19.8. The summed E-state index contributed by atoms with van der Waals surface area (Å²) in [5.74, 6) is 0.696. The second-order valence-electron chi connectivity index (χ2n) is 5.38. The summed E-state index contributed by atoms with van der Waals surface area (Å²) < 4.78 is 10.8. The molecule has 0 spiro atoms. The summed E-state index contributed by atoms with van der Waals surface area (Å²) in [7, 11) is 1.54. The van der Waals surface area contributed by atoms with Crippen LogP contribution in [0.4, 0.5) is 4.79 Å². The highest BCUT2D eigenvalue weighted by atomic mass is 32.2. The van der Waals surface area contributed by atoms with E-state index < -0.39 is 0 Å². The highest BCUT2D eigenvalue weighted by Gasteiger charge is 2.34. The number of nitrogens with one attached hydrogen (secondary N) is 1. The van der Waals surface area contributed by atoms with Crippen molar-refractivity contribution in [2.24, 2.45) is 0 Å². The van der Waals surface area contributed by atoms with Gasteiger partial charge in [-0.25, -0.2) is 0 Å². The van der Waals surface area contributed by atoms with Gasteiger partial charge in [0.15, 0.2) is 11.5 Å². The van der Waals surface area contributed by atoms with Crippen LogP contribution in [0, 0.1) is 0 Å². The molecule has 0 bridgehead atoms. The third kappa shape index (κ3) is 4.78. The molecule has 0 aromatic heterocycles. The first-order chi connectivity index (χ1) is 12.5. The highest BCUT2D eigenvalue weighted by molar-refractivity contribution is 8.18. The predicted octanol–water partition coefficient (Wildman–Crippen LogP) is 2.66. The number of thioether (sulfide) groups is 1. The first-order valence-electron chi connectivity index (χ1n) is 8.33. The number of carbonyl (C=O) groups is 3. The summed E-state index contributed by atoms with van der Waals surface area (Å²) in [6.07, 6.45) is 2.01. The summed E-state index contributed by atoms with van der Waals surface area (Å²) >= 11 is 0.883. The molecule has 0 unspecified atom stereocenters. The lowest BCUT2D eigenvalue weighted by atomic mass is 10.2. The topological polar surface area (TPSA) is 84.9 Å². The van der Waals surface area contributed by atoms with Gasteiger partial charge in [-0.3, -0.25) is 19.3 Å². The average molecular weight is 378 g/mol. The van der Waals surface area contributed by atoms with Gasteiger partial charge in [0.2, 0.25) is 5.91 Å². The molecule has 1 N–H and O–H groups in total. The zero-order valence-corrected chi connectivity index (χ0v) is 15.9. The largest absolute Gasteiger partial charge is 0.493 e. The van der Waals surface area contributed by atoms with Crippen LogP contribution in [-0.4, -0.2) is 48.8 Å². The van der Waals surface area contributed by atoms with E-state index in [0.717, 1.165) is 22.2 Å². The summed E-state index contributed by atoms with van der Waals surface area (Å²) in [5.41, 5.74) is 0.732. The van der Waals surface area contributed by atoms with Gasteiger partial charge < -0.3 is 14.8 Å². The summed E-state index contributed by atoms with van der Waals surface area (Å²) in [5, 5.41) is 2.31. The Morgan fingerprint density at radius 3 is 2.69 bits per heavy atom. The quantitative estimate of drug-likeness (QED) is 0.700. The maximum atomic E-state index is 12.4. The molecule has 140 valence electrons. The summed E-state index contributed by atoms with van der Waals surface area (Å²) in [6.45, 7) is 4.54. The molecular weight excluding hydrogens is 356 g/mol. The Morgan fingerprint density at radius 1 is 1.27 bits per heavy atom. The molecule has 0 radical (unpaired) electrons. The summed E-state index contributed by atoms with van der Waals surface area (Å²) in [4.78, 5) is 37.2. The van der Waals surface area contributed by atoms with E-state index in [1.54, 1.807) is 38.3 Å². The minimum Gasteiger partial charge on any atom is -0.493 e. The van der Waals surface area contributed by atoms with Crippen molar-refractivity contribution in [3.8, 4) is 11.5 Å². The van der Waals surface area contributed by atoms with Crippen LogP contribution in [0.5, 0.6) is 11.5 Å². The number of hydrogen-bond acceptors (Lipinski definition) is 6. The number of imide groups is 1. The molecule has 8 heteroatoms. The fraction of sp³-hybridized carbons (Fsp3) is 0.389. The fourth-order valence-electron chi connectivity index (χ4n) is 2.32. The number of rotatable bonds is 8. The van der Waals surface area contributed by atoms with Crippen molar-refractivity contribution in [3.63, 3.8) is 0 Å². The molecule has 2 rings (SSSR count). The average Bonchev–Trinajstić information content (AvgIpc) is 2.90. The number of ether oxygens (including phenoxy) is 2. The minimum atomic E-state index is -0.362. The Bertz CT molecular complexity index is 732. The zero-order chi connectivity index (χ0) is 19.1. The van der Waals surface area contributed by atoms with Crippen LogP contribution in [0.3, 0.4) is 0 Å². The summed E-state index contributed by atoms with van der Waals surface area (Å²) in [6, 6.07) is 5.31. The maximum Gasteiger partial charge on any atom is 0.293 e. The van der Waals surface area contributed by atoms with Crippen LogP contribution in [0.1, 0.15) is 25.8 Å².